The highest BCUT2D eigenvalue weighted by atomic mass is 32.2. The number of amidine groups is 1. The molecule has 1 aliphatic rings. The fourth-order valence-corrected chi connectivity index (χ4v) is 2.71. The van der Waals surface area contributed by atoms with Crippen molar-refractivity contribution in [1.82, 2.24) is 5.32 Å². The van der Waals surface area contributed by atoms with Gasteiger partial charge in [-0.05, 0) is 47.5 Å². The molecule has 0 bridgehead atoms. The van der Waals surface area contributed by atoms with Gasteiger partial charge in [-0.25, -0.2) is 0 Å². The average Bonchev–Trinajstić information content (AvgIpc) is 3.06. The Morgan fingerprint density at radius 1 is 1.28 bits per heavy atom. The van der Waals surface area contributed by atoms with Crippen molar-refractivity contribution in [3.8, 4) is 11.8 Å². The summed E-state index contributed by atoms with van der Waals surface area (Å²) in [4.78, 5) is 11.0. The van der Waals surface area contributed by atoms with Crippen LogP contribution >= 0.6 is 11.8 Å². The van der Waals surface area contributed by atoms with Gasteiger partial charge in [-0.1, -0.05) is 23.9 Å². The van der Waals surface area contributed by atoms with Gasteiger partial charge in [-0.2, -0.15) is 10.4 Å². The second kappa shape index (κ2) is 8.13. The zero-order chi connectivity index (χ0) is 17.5. The average molecular weight is 350 g/mol. The van der Waals surface area contributed by atoms with E-state index in [1.165, 1.54) is 11.8 Å². The summed E-state index contributed by atoms with van der Waals surface area (Å²) in [6, 6.07) is 16.8. The third-order valence-electron chi connectivity index (χ3n) is 3.28. The first-order valence-electron chi connectivity index (χ1n) is 7.48. The summed E-state index contributed by atoms with van der Waals surface area (Å²) in [5, 5.41) is 19.9. The molecule has 2 aromatic carbocycles. The maximum atomic E-state index is 11.0. The van der Waals surface area contributed by atoms with Crippen LogP contribution in [0.2, 0.25) is 0 Å². The van der Waals surface area contributed by atoms with Gasteiger partial charge in [-0.3, -0.25) is 4.79 Å². The van der Waals surface area contributed by atoms with Gasteiger partial charge in [0, 0.05) is 0 Å². The normalized spacial score (nSPS) is 15.3. The summed E-state index contributed by atoms with van der Waals surface area (Å²) < 4.78 is 5.71. The van der Waals surface area contributed by atoms with Crippen LogP contribution in [0, 0.1) is 11.3 Å². The van der Waals surface area contributed by atoms with E-state index in [0.29, 0.717) is 23.1 Å². The maximum Gasteiger partial charge on any atom is 0.236 e. The Bertz CT molecular complexity index is 869. The Morgan fingerprint density at radius 2 is 2.12 bits per heavy atom. The molecule has 1 heterocycles. The molecule has 0 unspecified atom stereocenters. The van der Waals surface area contributed by atoms with Crippen molar-refractivity contribution in [3.05, 3.63) is 65.2 Å². The molecule has 0 aliphatic carbocycles. The summed E-state index contributed by atoms with van der Waals surface area (Å²) in [5.41, 5.74) is 2.43. The predicted molar refractivity (Wildman–Crippen MR) is 97.6 cm³/mol. The van der Waals surface area contributed by atoms with Crippen LogP contribution in [0.25, 0.3) is 0 Å². The molecule has 0 radical (unpaired) electrons. The van der Waals surface area contributed by atoms with E-state index in [2.05, 4.69) is 21.6 Å². The lowest BCUT2D eigenvalue weighted by Gasteiger charge is -2.06. The Balaban J connectivity index is 1.55. The lowest BCUT2D eigenvalue weighted by molar-refractivity contribution is -0.116. The highest BCUT2D eigenvalue weighted by molar-refractivity contribution is 8.15. The van der Waals surface area contributed by atoms with Crippen LogP contribution < -0.4 is 10.1 Å². The van der Waals surface area contributed by atoms with Crippen LogP contribution in [-0.4, -0.2) is 23.0 Å². The summed E-state index contributed by atoms with van der Waals surface area (Å²) in [5.74, 6) is 1.06. The van der Waals surface area contributed by atoms with E-state index in [9.17, 15) is 4.79 Å². The second-order valence-electron chi connectivity index (χ2n) is 5.16. The van der Waals surface area contributed by atoms with Gasteiger partial charge in [0.1, 0.15) is 12.4 Å². The zero-order valence-electron chi connectivity index (χ0n) is 13.2. The molecule has 124 valence electrons. The molecule has 0 aromatic heterocycles. The fraction of sp³-hybridized carbons (Fsp3) is 0.111. The van der Waals surface area contributed by atoms with Gasteiger partial charge < -0.3 is 10.1 Å². The standard InChI is InChI=1S/C18H14N4O2S/c19-9-14-2-1-3-15(8-14)11-24-16-6-4-13(5-7-16)10-20-22-18-21-17(23)12-25-18/h1-8,10H,11-12H2,(H,21,22,23). The molecule has 25 heavy (non-hydrogen) atoms. The number of rotatable bonds is 5. The molecule has 1 amide bonds. The molecule has 3 rings (SSSR count). The second-order valence-corrected chi connectivity index (χ2v) is 6.12. The van der Waals surface area contributed by atoms with Crippen LogP contribution in [0.5, 0.6) is 5.75 Å². The topological polar surface area (TPSA) is 86.8 Å². The van der Waals surface area contributed by atoms with Crippen LogP contribution in [-0.2, 0) is 11.4 Å². The Kier molecular flexibility index (Phi) is 5.44. The van der Waals surface area contributed by atoms with E-state index in [1.807, 2.05) is 36.4 Å². The molecule has 2 aromatic rings. The number of hydrogen-bond donors (Lipinski definition) is 1. The number of thioether (sulfide) groups is 1. The fourth-order valence-electron chi connectivity index (χ4n) is 2.07. The number of benzene rings is 2. The number of carbonyl (C=O) groups excluding carboxylic acids is 1. The molecule has 6 nitrogen and oxygen atoms in total. The molecule has 0 spiro atoms. The van der Waals surface area contributed by atoms with Crippen LogP contribution in [0.4, 0.5) is 0 Å². The number of nitrogens with one attached hydrogen (secondary N) is 1. The molecular formula is C18H14N4O2S. The lowest BCUT2D eigenvalue weighted by Crippen LogP contribution is -2.19. The summed E-state index contributed by atoms with van der Waals surface area (Å²) in [6.45, 7) is 0.396. The molecule has 1 fully saturated rings. The van der Waals surface area contributed by atoms with E-state index >= 15 is 0 Å². The third-order valence-corrected chi connectivity index (χ3v) is 4.15. The monoisotopic (exact) mass is 350 g/mol. The number of amides is 1. The minimum absolute atomic E-state index is 0.0549. The van der Waals surface area contributed by atoms with Gasteiger partial charge in [0.05, 0.1) is 23.6 Å². The van der Waals surface area contributed by atoms with E-state index < -0.39 is 0 Å². The molecule has 1 aliphatic heterocycles. The largest absolute Gasteiger partial charge is 0.489 e. The van der Waals surface area contributed by atoms with E-state index in [-0.39, 0.29) is 5.91 Å². The molecule has 1 saturated heterocycles. The minimum Gasteiger partial charge on any atom is -0.489 e. The first-order chi connectivity index (χ1) is 12.2. The lowest BCUT2D eigenvalue weighted by atomic mass is 10.1. The highest BCUT2D eigenvalue weighted by Crippen LogP contribution is 2.14. The van der Waals surface area contributed by atoms with Crippen molar-refractivity contribution in [2.24, 2.45) is 10.2 Å². The number of ether oxygens (including phenoxy) is 1. The van der Waals surface area contributed by atoms with E-state index in [4.69, 9.17) is 10.00 Å². The Morgan fingerprint density at radius 3 is 2.84 bits per heavy atom. The van der Waals surface area contributed by atoms with Gasteiger partial charge in [0.25, 0.3) is 0 Å². The van der Waals surface area contributed by atoms with Crippen molar-refractivity contribution in [2.45, 2.75) is 6.61 Å². The van der Waals surface area contributed by atoms with E-state index in [0.717, 1.165) is 16.9 Å². The van der Waals surface area contributed by atoms with E-state index in [1.54, 1.807) is 18.3 Å². The predicted octanol–water partition coefficient (Wildman–Crippen LogP) is 2.69. The Labute approximate surface area is 149 Å². The van der Waals surface area contributed by atoms with Gasteiger partial charge in [-0.15, -0.1) is 5.10 Å². The highest BCUT2D eigenvalue weighted by Gasteiger charge is 2.15. The number of nitriles is 1. The first kappa shape index (κ1) is 16.7. The SMILES string of the molecule is N#Cc1cccc(COc2ccc(C=NN=C3NC(=O)CS3)cc2)c1. The van der Waals surface area contributed by atoms with Crippen molar-refractivity contribution in [3.63, 3.8) is 0 Å². The first-order valence-corrected chi connectivity index (χ1v) is 8.47. The maximum absolute atomic E-state index is 11.0. The van der Waals surface area contributed by atoms with Crippen molar-refractivity contribution in [1.29, 1.82) is 5.26 Å². The number of hydrogen-bond acceptors (Lipinski definition) is 6. The zero-order valence-corrected chi connectivity index (χ0v) is 14.0. The van der Waals surface area contributed by atoms with Crippen molar-refractivity contribution < 1.29 is 9.53 Å². The minimum atomic E-state index is -0.0549. The van der Waals surface area contributed by atoms with Crippen LogP contribution in [0.1, 0.15) is 16.7 Å². The summed E-state index contributed by atoms with van der Waals surface area (Å²) >= 11 is 1.33. The summed E-state index contributed by atoms with van der Waals surface area (Å²) in [6.07, 6.45) is 1.61. The summed E-state index contributed by atoms with van der Waals surface area (Å²) in [7, 11) is 0. The van der Waals surface area contributed by atoms with Gasteiger partial charge in [0.2, 0.25) is 5.91 Å². The van der Waals surface area contributed by atoms with Crippen LogP contribution in [0.15, 0.2) is 58.7 Å². The van der Waals surface area contributed by atoms with Crippen LogP contribution in [0.3, 0.4) is 0 Å². The number of nitrogens with zero attached hydrogens (tertiary/aromatic N) is 3. The smallest absolute Gasteiger partial charge is 0.236 e. The molecule has 0 saturated carbocycles. The Hall–Kier alpha value is -3.11. The third kappa shape index (κ3) is 4.93. The number of carbonyl (C=O) groups is 1. The van der Waals surface area contributed by atoms with Crippen molar-refractivity contribution >= 4 is 29.1 Å². The van der Waals surface area contributed by atoms with Gasteiger partial charge in [0.15, 0.2) is 5.17 Å². The quantitative estimate of drug-likeness (QED) is 0.663. The molecule has 7 heteroatoms. The van der Waals surface area contributed by atoms with Gasteiger partial charge >= 0.3 is 0 Å². The molecular weight excluding hydrogens is 336 g/mol. The molecule has 1 N–H and O–H groups in total. The molecule has 0 atom stereocenters. The van der Waals surface area contributed by atoms with Crippen molar-refractivity contribution in [2.75, 3.05) is 5.75 Å².